The summed E-state index contributed by atoms with van der Waals surface area (Å²) in [6.45, 7) is 7.15. The van der Waals surface area contributed by atoms with Gasteiger partial charge in [0.25, 0.3) is 0 Å². The van der Waals surface area contributed by atoms with E-state index in [1.54, 1.807) is 0 Å². The highest BCUT2D eigenvalue weighted by molar-refractivity contribution is 7.47. The first-order chi connectivity index (χ1) is 43.5. The first-order valence-corrected chi connectivity index (χ1v) is 40.1. The molecular formula is C71H138O17P2. The normalized spacial score (nSPS) is 14.1. The summed E-state index contributed by atoms with van der Waals surface area (Å²) in [5.41, 5.74) is 0. The number of ether oxygens (including phenoxy) is 4. The van der Waals surface area contributed by atoms with E-state index < -0.39 is 97.5 Å². The molecule has 19 heteroatoms. The maximum absolute atomic E-state index is 13.0. The Morgan fingerprint density at radius 3 is 0.756 bits per heavy atom. The zero-order valence-corrected chi connectivity index (χ0v) is 60.1. The minimum absolute atomic E-state index is 0.106. The van der Waals surface area contributed by atoms with E-state index in [2.05, 4.69) is 34.6 Å². The second-order valence-electron chi connectivity index (χ2n) is 26.1. The van der Waals surface area contributed by atoms with Crippen molar-refractivity contribution in [2.45, 2.75) is 387 Å². The third-order valence-corrected chi connectivity index (χ3v) is 18.4. The van der Waals surface area contributed by atoms with Gasteiger partial charge < -0.3 is 33.8 Å². The van der Waals surface area contributed by atoms with Crippen molar-refractivity contribution in [2.24, 2.45) is 5.92 Å². The number of hydrogen-bond acceptors (Lipinski definition) is 15. The van der Waals surface area contributed by atoms with E-state index in [4.69, 9.17) is 37.0 Å². The molecular weight excluding hydrogens is 1190 g/mol. The van der Waals surface area contributed by atoms with Crippen molar-refractivity contribution < 1.29 is 80.2 Å². The molecule has 90 heavy (non-hydrogen) atoms. The molecule has 0 bridgehead atoms. The van der Waals surface area contributed by atoms with Crippen molar-refractivity contribution >= 4 is 39.5 Å². The van der Waals surface area contributed by atoms with Crippen LogP contribution in [-0.2, 0) is 65.4 Å². The van der Waals surface area contributed by atoms with E-state index in [1.807, 2.05) is 0 Å². The predicted molar refractivity (Wildman–Crippen MR) is 363 cm³/mol. The maximum atomic E-state index is 13.0. The Balaban J connectivity index is 5.11. The molecule has 3 N–H and O–H groups in total. The van der Waals surface area contributed by atoms with E-state index in [0.29, 0.717) is 25.7 Å². The largest absolute Gasteiger partial charge is 0.472 e. The number of hydrogen-bond donors (Lipinski definition) is 3. The fourth-order valence-electron chi connectivity index (χ4n) is 10.8. The SMILES string of the molecule is CCCCCCCCCCCCCCCCCCCCCCCC(=O)O[C@H](COC(=O)CCCCCCCCCCCCC(C)C)COP(=O)(O)OC[C@@H](O)COP(=O)(O)OC[C@@H](COC(=O)CCCCCCC)OC(=O)CCCCCCCCCCCCC. The van der Waals surface area contributed by atoms with Crippen molar-refractivity contribution in [1.82, 2.24) is 0 Å². The third kappa shape index (κ3) is 64.8. The molecule has 5 atom stereocenters. The highest BCUT2D eigenvalue weighted by Crippen LogP contribution is 2.45. The van der Waals surface area contributed by atoms with Crippen LogP contribution in [0.3, 0.4) is 0 Å². The van der Waals surface area contributed by atoms with Gasteiger partial charge in [-0.15, -0.1) is 0 Å². The highest BCUT2D eigenvalue weighted by Gasteiger charge is 2.30. The summed E-state index contributed by atoms with van der Waals surface area (Å²) in [6, 6.07) is 0. The molecule has 0 aromatic heterocycles. The quantitative estimate of drug-likeness (QED) is 0.0222. The number of carbonyl (C=O) groups excluding carboxylic acids is 4. The number of aliphatic hydroxyl groups is 1. The molecule has 0 saturated carbocycles. The van der Waals surface area contributed by atoms with Crippen LogP contribution in [0.25, 0.3) is 0 Å². The van der Waals surface area contributed by atoms with Gasteiger partial charge in [0, 0.05) is 25.7 Å². The van der Waals surface area contributed by atoms with Crippen LogP contribution in [0.2, 0.25) is 0 Å². The van der Waals surface area contributed by atoms with Crippen LogP contribution < -0.4 is 0 Å². The lowest BCUT2D eigenvalue weighted by molar-refractivity contribution is -0.161. The number of rotatable bonds is 71. The van der Waals surface area contributed by atoms with E-state index in [0.717, 1.165) is 102 Å². The van der Waals surface area contributed by atoms with Crippen molar-refractivity contribution in [3.8, 4) is 0 Å². The second kappa shape index (κ2) is 64.4. The maximum Gasteiger partial charge on any atom is 0.472 e. The van der Waals surface area contributed by atoms with Crippen LogP contribution >= 0.6 is 15.6 Å². The summed E-state index contributed by atoms with van der Waals surface area (Å²) in [6.07, 6.45) is 51.9. The van der Waals surface area contributed by atoms with Crippen LogP contribution in [0.1, 0.15) is 369 Å². The number of aliphatic hydroxyl groups excluding tert-OH is 1. The molecule has 17 nitrogen and oxygen atoms in total. The van der Waals surface area contributed by atoms with Gasteiger partial charge >= 0.3 is 39.5 Å². The average molecular weight is 1330 g/mol. The molecule has 0 spiro atoms. The Hall–Kier alpha value is -1.94. The minimum Gasteiger partial charge on any atom is -0.462 e. The summed E-state index contributed by atoms with van der Waals surface area (Å²) in [7, 11) is -9.89. The Morgan fingerprint density at radius 1 is 0.300 bits per heavy atom. The van der Waals surface area contributed by atoms with Gasteiger partial charge in [-0.1, -0.05) is 317 Å². The van der Waals surface area contributed by atoms with Gasteiger partial charge in [-0.2, -0.15) is 0 Å². The van der Waals surface area contributed by atoms with Crippen LogP contribution in [0.15, 0.2) is 0 Å². The van der Waals surface area contributed by atoms with Gasteiger partial charge in [0.1, 0.15) is 19.3 Å². The molecule has 0 aliphatic rings. The first-order valence-electron chi connectivity index (χ1n) is 37.1. The van der Waals surface area contributed by atoms with Gasteiger partial charge in [-0.3, -0.25) is 37.3 Å². The summed E-state index contributed by atoms with van der Waals surface area (Å²) < 4.78 is 68.1. The molecule has 0 aliphatic heterocycles. The number of phosphoric ester groups is 2. The van der Waals surface area contributed by atoms with Gasteiger partial charge in [0.2, 0.25) is 0 Å². The molecule has 0 rings (SSSR count). The Bertz CT molecular complexity index is 1740. The monoisotopic (exact) mass is 1320 g/mol. The van der Waals surface area contributed by atoms with Crippen molar-refractivity contribution in [2.75, 3.05) is 39.6 Å². The summed E-state index contributed by atoms with van der Waals surface area (Å²) in [5, 5.41) is 10.6. The lowest BCUT2D eigenvalue weighted by Gasteiger charge is -2.21. The zero-order valence-electron chi connectivity index (χ0n) is 58.3. The van der Waals surface area contributed by atoms with Gasteiger partial charge in [-0.05, 0) is 31.6 Å². The molecule has 0 aliphatic carbocycles. The Labute approximate surface area is 549 Å². The summed E-state index contributed by atoms with van der Waals surface area (Å²) >= 11 is 0. The fourth-order valence-corrected chi connectivity index (χ4v) is 12.4. The predicted octanol–water partition coefficient (Wildman–Crippen LogP) is 20.5. The van der Waals surface area contributed by atoms with Crippen molar-refractivity contribution in [1.29, 1.82) is 0 Å². The number of phosphoric acid groups is 2. The number of unbranched alkanes of at least 4 members (excludes halogenated alkanes) is 43. The van der Waals surface area contributed by atoms with Gasteiger partial charge in [0.05, 0.1) is 26.4 Å². The molecule has 0 saturated heterocycles. The number of carbonyl (C=O) groups is 4. The van der Waals surface area contributed by atoms with Crippen LogP contribution in [0.5, 0.6) is 0 Å². The number of esters is 4. The summed E-state index contributed by atoms with van der Waals surface area (Å²) in [5.74, 6) is -1.38. The van der Waals surface area contributed by atoms with Gasteiger partial charge in [-0.25, -0.2) is 9.13 Å². The molecule has 0 aromatic rings. The van der Waals surface area contributed by atoms with E-state index >= 15 is 0 Å². The molecule has 0 heterocycles. The van der Waals surface area contributed by atoms with E-state index in [9.17, 15) is 43.2 Å². The summed E-state index contributed by atoms with van der Waals surface area (Å²) in [4.78, 5) is 72.3. The third-order valence-electron chi connectivity index (χ3n) is 16.5. The molecule has 0 amide bonds. The Morgan fingerprint density at radius 2 is 0.511 bits per heavy atom. The Kier molecular flexibility index (Phi) is 63.0. The lowest BCUT2D eigenvalue weighted by atomic mass is 10.0. The molecule has 0 fully saturated rings. The minimum atomic E-state index is -4.95. The topological polar surface area (TPSA) is 237 Å². The van der Waals surface area contributed by atoms with Crippen LogP contribution in [0.4, 0.5) is 0 Å². The molecule has 0 aromatic carbocycles. The van der Waals surface area contributed by atoms with Gasteiger partial charge in [0.15, 0.2) is 12.2 Å². The van der Waals surface area contributed by atoms with Crippen molar-refractivity contribution in [3.63, 3.8) is 0 Å². The molecule has 0 radical (unpaired) electrons. The fraction of sp³-hybridized carbons (Fsp3) is 0.944. The average Bonchev–Trinajstić information content (AvgIpc) is 3.62. The van der Waals surface area contributed by atoms with Crippen LogP contribution in [0, 0.1) is 5.92 Å². The van der Waals surface area contributed by atoms with Crippen molar-refractivity contribution in [3.05, 3.63) is 0 Å². The molecule has 534 valence electrons. The molecule has 2 unspecified atom stereocenters. The highest BCUT2D eigenvalue weighted by atomic mass is 31.2. The lowest BCUT2D eigenvalue weighted by Crippen LogP contribution is -2.30. The first kappa shape index (κ1) is 88.1. The van der Waals surface area contributed by atoms with E-state index in [-0.39, 0.29) is 25.7 Å². The van der Waals surface area contributed by atoms with E-state index in [1.165, 1.54) is 186 Å². The smallest absolute Gasteiger partial charge is 0.462 e. The standard InChI is InChI=1S/C71H138O17P2/c1-6-9-12-15-17-19-21-22-23-24-25-26-27-28-29-30-32-38-42-47-52-57-71(76)88-67(61-82-69(74)55-50-45-40-36-34-33-35-39-44-48-53-64(4)5)63-86-90(79,80)84-59-65(72)58-83-89(77,78)85-62-66(60-81-68(73)54-49-43-14-11-8-3)87-70(75)56-51-46-41-37-31-20-18-16-13-10-7-2/h64-67,72H,6-63H2,1-5H3,(H,77,78)(H,79,80)/t65-,66+,67+/m0/s1. The second-order valence-corrected chi connectivity index (χ2v) is 29.0. The zero-order chi connectivity index (χ0) is 66.3. The van der Waals surface area contributed by atoms with Crippen LogP contribution in [-0.4, -0.2) is 96.7 Å².